The molecule has 2 saturated heterocycles. The van der Waals surface area contributed by atoms with Crippen LogP contribution in [0.5, 0.6) is 0 Å². The number of hydrogen-bond donors (Lipinski definition) is 1. The number of aliphatic hydroxyl groups is 1. The number of epoxide rings is 1. The van der Waals surface area contributed by atoms with E-state index in [-0.39, 0.29) is 34.1 Å². The van der Waals surface area contributed by atoms with Crippen molar-refractivity contribution in [3.8, 4) is 0 Å². The molecule has 0 bridgehead atoms. The smallest absolute Gasteiger partial charge is 0.158 e. The highest BCUT2D eigenvalue weighted by Crippen LogP contribution is 2.75. The molecule has 1 spiro atoms. The highest BCUT2D eigenvalue weighted by atomic mass is 16.7. The predicted octanol–water partition coefficient (Wildman–Crippen LogP) is 2.86. The van der Waals surface area contributed by atoms with Crippen molar-refractivity contribution in [2.24, 2.45) is 16.7 Å². The van der Waals surface area contributed by atoms with E-state index in [9.17, 15) is 5.11 Å². The molecule has 3 heteroatoms. The molecule has 19 heavy (non-hydrogen) atoms. The summed E-state index contributed by atoms with van der Waals surface area (Å²) in [6.45, 7) is 9.07. The summed E-state index contributed by atoms with van der Waals surface area (Å²) in [5.41, 5.74) is 0.134. The van der Waals surface area contributed by atoms with Crippen LogP contribution in [0.3, 0.4) is 0 Å². The lowest BCUT2D eigenvalue weighted by Crippen LogP contribution is -2.60. The minimum Gasteiger partial charge on any atom is -0.368 e. The Labute approximate surface area is 115 Å². The van der Waals surface area contributed by atoms with Gasteiger partial charge in [-0.25, -0.2) is 0 Å². The molecule has 0 amide bonds. The maximum Gasteiger partial charge on any atom is 0.158 e. The van der Waals surface area contributed by atoms with Crippen molar-refractivity contribution < 1.29 is 14.6 Å². The third-order valence-electron chi connectivity index (χ3n) is 7.34. The van der Waals surface area contributed by atoms with Crippen LogP contribution >= 0.6 is 0 Å². The Hall–Kier alpha value is -0.120. The molecular formula is C16H26O3. The minimum atomic E-state index is -0.623. The second kappa shape index (κ2) is 3.20. The van der Waals surface area contributed by atoms with Crippen molar-refractivity contribution in [2.45, 2.75) is 83.4 Å². The molecule has 2 aliphatic carbocycles. The van der Waals surface area contributed by atoms with E-state index in [4.69, 9.17) is 9.47 Å². The molecule has 2 aliphatic heterocycles. The zero-order valence-electron chi connectivity index (χ0n) is 12.5. The Morgan fingerprint density at radius 3 is 2.53 bits per heavy atom. The van der Waals surface area contributed by atoms with Crippen LogP contribution in [0.1, 0.15) is 59.8 Å². The van der Waals surface area contributed by atoms with Crippen molar-refractivity contribution >= 4 is 0 Å². The Balaban J connectivity index is 1.82. The average Bonchev–Trinajstić information content (AvgIpc) is 2.92. The van der Waals surface area contributed by atoms with Gasteiger partial charge in [0.1, 0.15) is 5.60 Å². The van der Waals surface area contributed by atoms with Gasteiger partial charge in [-0.2, -0.15) is 0 Å². The summed E-state index contributed by atoms with van der Waals surface area (Å²) < 4.78 is 12.5. The van der Waals surface area contributed by atoms with E-state index in [2.05, 4.69) is 27.7 Å². The Bertz CT molecular complexity index is 438. The van der Waals surface area contributed by atoms with Crippen LogP contribution in [0.4, 0.5) is 0 Å². The van der Waals surface area contributed by atoms with E-state index in [1.54, 1.807) is 0 Å². The first kappa shape index (κ1) is 12.6. The first-order chi connectivity index (χ1) is 8.79. The molecular weight excluding hydrogens is 240 g/mol. The largest absolute Gasteiger partial charge is 0.368 e. The van der Waals surface area contributed by atoms with Gasteiger partial charge in [-0.05, 0) is 39.0 Å². The maximum atomic E-state index is 10.2. The second-order valence-electron chi connectivity index (χ2n) is 8.18. The zero-order chi connectivity index (χ0) is 13.7. The van der Waals surface area contributed by atoms with Gasteiger partial charge in [-0.1, -0.05) is 20.8 Å². The zero-order valence-corrected chi connectivity index (χ0v) is 12.5. The molecule has 4 aliphatic rings. The summed E-state index contributed by atoms with van der Waals surface area (Å²) in [5.74, 6) is 0.201. The second-order valence-corrected chi connectivity index (χ2v) is 8.18. The van der Waals surface area contributed by atoms with Crippen LogP contribution in [-0.4, -0.2) is 28.7 Å². The SMILES string of the molecule is C[C@H]1C(O)O[C@@H]2C1(C)CC[C@@]1(C)CCCC3(C)OC231. The maximum absolute atomic E-state index is 10.2. The third kappa shape index (κ3) is 1.14. The number of hydrogen-bond acceptors (Lipinski definition) is 3. The van der Waals surface area contributed by atoms with E-state index in [0.29, 0.717) is 0 Å². The van der Waals surface area contributed by atoms with Crippen LogP contribution in [-0.2, 0) is 9.47 Å². The molecule has 0 radical (unpaired) electrons. The van der Waals surface area contributed by atoms with Crippen LogP contribution < -0.4 is 0 Å². The number of ether oxygens (including phenoxy) is 2. The predicted molar refractivity (Wildman–Crippen MR) is 71.6 cm³/mol. The highest BCUT2D eigenvalue weighted by Gasteiger charge is 2.84. The molecule has 2 saturated carbocycles. The first-order valence-electron chi connectivity index (χ1n) is 7.83. The van der Waals surface area contributed by atoms with E-state index in [0.717, 1.165) is 12.8 Å². The fourth-order valence-corrected chi connectivity index (χ4v) is 5.73. The van der Waals surface area contributed by atoms with Gasteiger partial charge in [0.05, 0.1) is 11.7 Å². The van der Waals surface area contributed by atoms with Gasteiger partial charge in [-0.3, -0.25) is 0 Å². The van der Waals surface area contributed by atoms with E-state index < -0.39 is 6.29 Å². The molecule has 4 unspecified atom stereocenters. The Morgan fingerprint density at radius 1 is 1.05 bits per heavy atom. The minimum absolute atomic E-state index is 0.0177. The van der Waals surface area contributed by atoms with Crippen molar-refractivity contribution in [3.05, 3.63) is 0 Å². The monoisotopic (exact) mass is 266 g/mol. The van der Waals surface area contributed by atoms with Crippen LogP contribution in [0, 0.1) is 16.7 Å². The molecule has 0 aromatic rings. The summed E-state index contributed by atoms with van der Waals surface area (Å²) in [4.78, 5) is 0. The number of fused-ring (bicyclic) bond motifs is 1. The molecule has 1 N–H and O–H groups in total. The van der Waals surface area contributed by atoms with Crippen molar-refractivity contribution in [1.82, 2.24) is 0 Å². The van der Waals surface area contributed by atoms with Gasteiger partial charge in [0.25, 0.3) is 0 Å². The van der Waals surface area contributed by atoms with Crippen molar-refractivity contribution in [1.29, 1.82) is 0 Å². The fraction of sp³-hybridized carbons (Fsp3) is 1.00. The summed E-state index contributed by atoms with van der Waals surface area (Å²) in [7, 11) is 0. The van der Waals surface area contributed by atoms with E-state index in [1.807, 2.05) is 0 Å². The molecule has 7 atom stereocenters. The van der Waals surface area contributed by atoms with Gasteiger partial charge in [0.2, 0.25) is 0 Å². The fourth-order valence-electron chi connectivity index (χ4n) is 5.73. The summed E-state index contributed by atoms with van der Waals surface area (Å²) in [5, 5.41) is 10.2. The van der Waals surface area contributed by atoms with Crippen LogP contribution in [0.25, 0.3) is 0 Å². The molecule has 0 aromatic carbocycles. The quantitative estimate of drug-likeness (QED) is 0.686. The summed E-state index contributed by atoms with van der Waals surface area (Å²) in [6, 6.07) is 0. The van der Waals surface area contributed by atoms with Gasteiger partial charge >= 0.3 is 0 Å². The van der Waals surface area contributed by atoms with Crippen molar-refractivity contribution in [2.75, 3.05) is 0 Å². The Morgan fingerprint density at radius 2 is 1.79 bits per heavy atom. The normalized spacial score (nSPS) is 67.1. The highest BCUT2D eigenvalue weighted by molar-refractivity contribution is 5.31. The molecule has 3 nitrogen and oxygen atoms in total. The lowest BCUT2D eigenvalue weighted by molar-refractivity contribution is -0.159. The van der Waals surface area contributed by atoms with Crippen LogP contribution in [0.15, 0.2) is 0 Å². The topological polar surface area (TPSA) is 42.0 Å². The standard InChI is InChI=1S/C16H26O3/c1-10-11(17)18-12-14(10,3)9-8-13(2)6-5-7-15(4)16(12,13)19-15/h10-12,17H,5-9H2,1-4H3/t10-,11?,12+,13+,14?,15?,16?/m0/s1. The number of rotatable bonds is 0. The lowest BCUT2D eigenvalue weighted by Gasteiger charge is -2.53. The summed E-state index contributed by atoms with van der Waals surface area (Å²) >= 11 is 0. The van der Waals surface area contributed by atoms with Crippen molar-refractivity contribution in [3.63, 3.8) is 0 Å². The van der Waals surface area contributed by atoms with Gasteiger partial charge in [0.15, 0.2) is 6.29 Å². The summed E-state index contributed by atoms with van der Waals surface area (Å²) in [6.07, 6.45) is 5.43. The van der Waals surface area contributed by atoms with Crippen LogP contribution in [0.2, 0.25) is 0 Å². The third-order valence-corrected chi connectivity index (χ3v) is 7.34. The average molecular weight is 266 g/mol. The molecule has 108 valence electrons. The molecule has 4 fully saturated rings. The molecule has 4 rings (SSSR count). The number of aliphatic hydroxyl groups excluding tert-OH is 1. The van der Waals surface area contributed by atoms with Gasteiger partial charge < -0.3 is 14.6 Å². The first-order valence-corrected chi connectivity index (χ1v) is 7.83. The lowest BCUT2D eigenvalue weighted by atomic mass is 9.49. The molecule has 2 heterocycles. The van der Waals surface area contributed by atoms with Gasteiger partial charge in [0, 0.05) is 16.7 Å². The molecule has 0 aromatic heterocycles. The Kier molecular flexibility index (Phi) is 2.13. The van der Waals surface area contributed by atoms with E-state index in [1.165, 1.54) is 19.3 Å². The van der Waals surface area contributed by atoms with Gasteiger partial charge in [-0.15, -0.1) is 0 Å². The van der Waals surface area contributed by atoms with E-state index >= 15 is 0 Å².